The third-order valence-corrected chi connectivity index (χ3v) is 2.15. The van der Waals surface area contributed by atoms with Crippen molar-refractivity contribution in [3.05, 3.63) is 0 Å². The summed E-state index contributed by atoms with van der Waals surface area (Å²) in [6.07, 6.45) is 1.23. The Hall–Kier alpha value is -1.10. The molecule has 0 heterocycles. The fourth-order valence-corrected chi connectivity index (χ4v) is 1.24. The zero-order valence-corrected chi connectivity index (χ0v) is 10.6. The molecule has 1 atom stereocenters. The third-order valence-electron chi connectivity index (χ3n) is 2.15. The number of carbonyl (C=O) groups excluding carboxylic acids is 2. The fourth-order valence-electron chi connectivity index (χ4n) is 1.24. The first-order valence-electron chi connectivity index (χ1n) is 5.71. The van der Waals surface area contributed by atoms with Gasteiger partial charge in [-0.05, 0) is 19.9 Å². The molecule has 0 aromatic heterocycles. The Balaban J connectivity index is 3.62. The first-order chi connectivity index (χ1) is 7.47. The smallest absolute Gasteiger partial charge is 0.242 e. The maximum Gasteiger partial charge on any atom is 0.242 e. The molecule has 16 heavy (non-hydrogen) atoms. The monoisotopic (exact) mass is 229 g/mol. The molecular formula is C11H23N3O2. The molecule has 2 amide bonds. The van der Waals surface area contributed by atoms with Crippen molar-refractivity contribution < 1.29 is 9.59 Å². The Bertz CT molecular complexity index is 229. The van der Waals surface area contributed by atoms with Crippen LogP contribution in [0.4, 0.5) is 0 Å². The van der Waals surface area contributed by atoms with E-state index in [2.05, 4.69) is 29.8 Å². The van der Waals surface area contributed by atoms with E-state index in [1.165, 1.54) is 0 Å². The minimum absolute atomic E-state index is 0.0818. The highest BCUT2D eigenvalue weighted by atomic mass is 16.2. The van der Waals surface area contributed by atoms with Crippen molar-refractivity contribution in [2.24, 2.45) is 0 Å². The molecule has 0 saturated carbocycles. The summed E-state index contributed by atoms with van der Waals surface area (Å²) >= 11 is 0. The van der Waals surface area contributed by atoms with Crippen LogP contribution in [0.1, 0.15) is 33.6 Å². The number of hydrogen-bond acceptors (Lipinski definition) is 3. The van der Waals surface area contributed by atoms with Gasteiger partial charge in [0.25, 0.3) is 0 Å². The van der Waals surface area contributed by atoms with Crippen molar-refractivity contribution in [1.29, 1.82) is 0 Å². The van der Waals surface area contributed by atoms with E-state index < -0.39 is 6.04 Å². The molecule has 0 spiro atoms. The Kier molecular flexibility index (Phi) is 7.54. The molecule has 0 saturated heterocycles. The zero-order valence-electron chi connectivity index (χ0n) is 10.6. The SMILES string of the molecule is CNC(=O)C(C)NC(=O)CCCNC(C)C. The molecule has 0 aliphatic rings. The van der Waals surface area contributed by atoms with Crippen LogP contribution < -0.4 is 16.0 Å². The summed E-state index contributed by atoms with van der Waals surface area (Å²) in [6, 6.07) is -0.0246. The molecule has 0 rings (SSSR count). The second kappa shape index (κ2) is 8.10. The molecule has 0 bridgehead atoms. The number of likely N-dealkylation sites (N-methyl/N-ethyl adjacent to an activating group) is 1. The molecule has 0 radical (unpaired) electrons. The van der Waals surface area contributed by atoms with E-state index in [4.69, 9.17) is 0 Å². The molecule has 0 fully saturated rings. The van der Waals surface area contributed by atoms with Crippen molar-refractivity contribution in [3.63, 3.8) is 0 Å². The first kappa shape index (κ1) is 14.9. The van der Waals surface area contributed by atoms with E-state index in [-0.39, 0.29) is 11.8 Å². The normalized spacial score (nSPS) is 12.3. The molecule has 94 valence electrons. The quantitative estimate of drug-likeness (QED) is 0.539. The highest BCUT2D eigenvalue weighted by Crippen LogP contribution is 1.91. The van der Waals surface area contributed by atoms with Crippen molar-refractivity contribution >= 4 is 11.8 Å². The minimum Gasteiger partial charge on any atom is -0.357 e. The maximum atomic E-state index is 11.4. The molecule has 0 aliphatic heterocycles. The van der Waals surface area contributed by atoms with Gasteiger partial charge in [0.05, 0.1) is 0 Å². The van der Waals surface area contributed by atoms with Gasteiger partial charge in [0.15, 0.2) is 0 Å². The highest BCUT2D eigenvalue weighted by Gasteiger charge is 2.13. The molecule has 5 heteroatoms. The molecule has 1 unspecified atom stereocenters. The number of carbonyl (C=O) groups is 2. The van der Waals surface area contributed by atoms with E-state index >= 15 is 0 Å². The van der Waals surface area contributed by atoms with Gasteiger partial charge >= 0.3 is 0 Å². The van der Waals surface area contributed by atoms with Crippen LogP contribution in [0.25, 0.3) is 0 Å². The van der Waals surface area contributed by atoms with E-state index in [0.29, 0.717) is 12.5 Å². The van der Waals surface area contributed by atoms with Crippen LogP contribution in [-0.2, 0) is 9.59 Å². The minimum atomic E-state index is -0.462. The van der Waals surface area contributed by atoms with Gasteiger partial charge < -0.3 is 16.0 Å². The largest absolute Gasteiger partial charge is 0.357 e. The summed E-state index contributed by atoms with van der Waals surface area (Å²) in [5.74, 6) is -0.254. The Morgan fingerprint density at radius 2 is 1.81 bits per heavy atom. The summed E-state index contributed by atoms with van der Waals surface area (Å²) in [7, 11) is 1.55. The van der Waals surface area contributed by atoms with Gasteiger partial charge in [0.1, 0.15) is 6.04 Å². The van der Waals surface area contributed by atoms with Gasteiger partial charge in [-0.25, -0.2) is 0 Å². The second-order valence-corrected chi connectivity index (χ2v) is 4.12. The zero-order chi connectivity index (χ0) is 12.6. The lowest BCUT2D eigenvalue weighted by molar-refractivity contribution is -0.128. The molecular weight excluding hydrogens is 206 g/mol. The average Bonchev–Trinajstić information content (AvgIpc) is 2.22. The molecule has 0 aromatic rings. The third kappa shape index (κ3) is 7.23. The Labute approximate surface area is 97.4 Å². The van der Waals surface area contributed by atoms with E-state index in [9.17, 15) is 9.59 Å². The molecule has 0 aliphatic carbocycles. The topological polar surface area (TPSA) is 70.2 Å². The standard InChI is InChI=1S/C11H23N3O2/c1-8(2)13-7-5-6-10(15)14-9(3)11(16)12-4/h8-9,13H,5-7H2,1-4H3,(H,12,16)(H,14,15). The van der Waals surface area contributed by atoms with Crippen molar-refractivity contribution in [2.45, 2.75) is 45.7 Å². The lowest BCUT2D eigenvalue weighted by Crippen LogP contribution is -2.43. The van der Waals surface area contributed by atoms with Crippen LogP contribution in [-0.4, -0.2) is 37.5 Å². The molecule has 3 N–H and O–H groups in total. The molecule has 5 nitrogen and oxygen atoms in total. The van der Waals surface area contributed by atoms with Gasteiger partial charge in [0, 0.05) is 19.5 Å². The van der Waals surface area contributed by atoms with Gasteiger partial charge in [-0.2, -0.15) is 0 Å². The van der Waals surface area contributed by atoms with Crippen molar-refractivity contribution in [2.75, 3.05) is 13.6 Å². The van der Waals surface area contributed by atoms with Gasteiger partial charge in [-0.3, -0.25) is 9.59 Å². The summed E-state index contributed by atoms with van der Waals surface area (Å²) in [4.78, 5) is 22.5. The van der Waals surface area contributed by atoms with Crippen molar-refractivity contribution in [3.8, 4) is 0 Å². The fraction of sp³-hybridized carbons (Fsp3) is 0.818. The van der Waals surface area contributed by atoms with Crippen LogP contribution >= 0.6 is 0 Å². The summed E-state index contributed by atoms with van der Waals surface area (Å²) in [5, 5.41) is 8.36. The number of nitrogens with one attached hydrogen (secondary N) is 3. The van der Waals surface area contributed by atoms with Gasteiger partial charge in [-0.15, -0.1) is 0 Å². The predicted molar refractivity (Wildman–Crippen MR) is 64.0 cm³/mol. The summed E-state index contributed by atoms with van der Waals surface area (Å²) < 4.78 is 0. The van der Waals surface area contributed by atoms with E-state index in [1.807, 2.05) is 0 Å². The number of amides is 2. The van der Waals surface area contributed by atoms with Crippen LogP contribution in [0.2, 0.25) is 0 Å². The summed E-state index contributed by atoms with van der Waals surface area (Å²) in [5.41, 5.74) is 0. The highest BCUT2D eigenvalue weighted by molar-refractivity contribution is 5.86. The van der Waals surface area contributed by atoms with Crippen LogP contribution in [0.3, 0.4) is 0 Å². The van der Waals surface area contributed by atoms with Crippen LogP contribution in [0, 0.1) is 0 Å². The van der Waals surface area contributed by atoms with Gasteiger partial charge in [0.2, 0.25) is 11.8 Å². The average molecular weight is 229 g/mol. The molecule has 0 aromatic carbocycles. The maximum absolute atomic E-state index is 11.4. The van der Waals surface area contributed by atoms with Crippen LogP contribution in [0.15, 0.2) is 0 Å². The second-order valence-electron chi connectivity index (χ2n) is 4.12. The van der Waals surface area contributed by atoms with E-state index in [1.54, 1.807) is 14.0 Å². The van der Waals surface area contributed by atoms with Crippen molar-refractivity contribution in [1.82, 2.24) is 16.0 Å². The number of rotatable bonds is 7. The number of hydrogen-bond donors (Lipinski definition) is 3. The van der Waals surface area contributed by atoms with Gasteiger partial charge in [-0.1, -0.05) is 13.8 Å². The van der Waals surface area contributed by atoms with Crippen LogP contribution in [0.5, 0.6) is 0 Å². The lowest BCUT2D eigenvalue weighted by atomic mass is 10.2. The predicted octanol–water partition coefficient (Wildman–Crippen LogP) is 0.0153. The lowest BCUT2D eigenvalue weighted by Gasteiger charge is -2.12. The Morgan fingerprint density at radius 3 is 2.31 bits per heavy atom. The summed E-state index contributed by atoms with van der Waals surface area (Å²) in [6.45, 7) is 6.62. The Morgan fingerprint density at radius 1 is 1.19 bits per heavy atom. The first-order valence-corrected chi connectivity index (χ1v) is 5.71. The van der Waals surface area contributed by atoms with E-state index in [0.717, 1.165) is 13.0 Å².